The Bertz CT molecular complexity index is 509. The molecule has 0 N–H and O–H groups in total. The summed E-state index contributed by atoms with van der Waals surface area (Å²) in [4.78, 5) is 2.43. The van der Waals surface area contributed by atoms with Crippen LogP contribution in [0.25, 0.3) is 10.4 Å². The molecular weight excluding hydrogens is 212 g/mol. The molecule has 0 saturated heterocycles. The van der Waals surface area contributed by atoms with E-state index in [2.05, 4.69) is 62.1 Å². The lowest BCUT2D eigenvalue weighted by molar-refractivity contribution is 0.867. The lowest BCUT2D eigenvalue weighted by atomic mass is 10.2. The molecule has 16 heavy (non-hydrogen) atoms. The third-order valence-electron chi connectivity index (χ3n) is 2.15. The molecule has 0 radical (unpaired) electrons. The van der Waals surface area contributed by atoms with Crippen molar-refractivity contribution in [2.24, 2.45) is 5.92 Å². The summed E-state index contributed by atoms with van der Waals surface area (Å²) in [6.07, 6.45) is 0. The second-order valence-electron chi connectivity index (χ2n) is 3.95. The maximum atomic E-state index is 3.20. The highest BCUT2D eigenvalue weighted by Crippen LogP contribution is 2.27. The van der Waals surface area contributed by atoms with Crippen LogP contribution < -0.4 is 0 Å². The average molecular weight is 226 g/mol. The van der Waals surface area contributed by atoms with E-state index >= 15 is 0 Å². The maximum absolute atomic E-state index is 3.20. The summed E-state index contributed by atoms with van der Waals surface area (Å²) in [5, 5.41) is 0. The second kappa shape index (κ2) is 5.01. The first-order valence-electron chi connectivity index (χ1n) is 5.42. The predicted octanol–water partition coefficient (Wildman–Crippen LogP) is 4.42. The number of hydrogen-bond donors (Lipinski definition) is 0. The van der Waals surface area contributed by atoms with Gasteiger partial charge in [-0.1, -0.05) is 56.0 Å². The van der Waals surface area contributed by atoms with Crippen LogP contribution in [0.3, 0.4) is 0 Å². The molecular formula is C15H14S. The van der Waals surface area contributed by atoms with Crippen LogP contribution in [0, 0.1) is 17.8 Å². The van der Waals surface area contributed by atoms with Gasteiger partial charge >= 0.3 is 0 Å². The molecule has 0 aliphatic rings. The zero-order chi connectivity index (χ0) is 11.4. The summed E-state index contributed by atoms with van der Waals surface area (Å²) >= 11 is 1.75. The van der Waals surface area contributed by atoms with E-state index in [4.69, 9.17) is 0 Å². The lowest BCUT2D eigenvalue weighted by Crippen LogP contribution is -1.76. The van der Waals surface area contributed by atoms with Gasteiger partial charge < -0.3 is 0 Å². The van der Waals surface area contributed by atoms with Crippen molar-refractivity contribution in [2.45, 2.75) is 13.8 Å². The maximum Gasteiger partial charge on any atom is 0.0775 e. The molecule has 0 nitrogen and oxygen atoms in total. The van der Waals surface area contributed by atoms with Crippen molar-refractivity contribution in [2.75, 3.05) is 0 Å². The van der Waals surface area contributed by atoms with E-state index in [-0.39, 0.29) is 0 Å². The number of rotatable bonds is 1. The second-order valence-corrected chi connectivity index (χ2v) is 5.04. The van der Waals surface area contributed by atoms with Gasteiger partial charge in [0.05, 0.1) is 4.88 Å². The van der Waals surface area contributed by atoms with Crippen LogP contribution in [0.1, 0.15) is 18.7 Å². The molecule has 0 fully saturated rings. The molecule has 2 rings (SSSR count). The predicted molar refractivity (Wildman–Crippen MR) is 71.5 cm³/mol. The Hall–Kier alpha value is -1.52. The van der Waals surface area contributed by atoms with Crippen molar-refractivity contribution >= 4 is 11.3 Å². The van der Waals surface area contributed by atoms with Gasteiger partial charge in [0.1, 0.15) is 0 Å². The number of hydrogen-bond acceptors (Lipinski definition) is 1. The molecule has 0 aliphatic heterocycles. The molecule has 2 aromatic rings. The fourth-order valence-corrected chi connectivity index (χ4v) is 2.25. The first-order chi connectivity index (χ1) is 7.75. The molecule has 1 heterocycles. The minimum atomic E-state index is 0.433. The van der Waals surface area contributed by atoms with Gasteiger partial charge in [-0.15, -0.1) is 11.3 Å². The largest absolute Gasteiger partial charge is 0.127 e. The fourth-order valence-electron chi connectivity index (χ4n) is 1.38. The Morgan fingerprint density at radius 2 is 1.75 bits per heavy atom. The van der Waals surface area contributed by atoms with Gasteiger partial charge in [0.15, 0.2) is 0 Å². The molecule has 0 bridgehead atoms. The Balaban J connectivity index is 2.25. The summed E-state index contributed by atoms with van der Waals surface area (Å²) in [6, 6.07) is 14.7. The molecule has 80 valence electrons. The zero-order valence-corrected chi connectivity index (χ0v) is 10.3. The van der Waals surface area contributed by atoms with Gasteiger partial charge in [-0.3, -0.25) is 0 Å². The Morgan fingerprint density at radius 3 is 2.44 bits per heavy atom. The zero-order valence-electron chi connectivity index (χ0n) is 9.53. The highest BCUT2D eigenvalue weighted by atomic mass is 32.1. The van der Waals surface area contributed by atoms with E-state index in [0.29, 0.717) is 5.92 Å². The highest BCUT2D eigenvalue weighted by Gasteiger charge is 1.99. The highest BCUT2D eigenvalue weighted by molar-refractivity contribution is 7.16. The smallest absolute Gasteiger partial charge is 0.0775 e. The Labute approximate surface area is 101 Å². The van der Waals surface area contributed by atoms with E-state index < -0.39 is 0 Å². The quantitative estimate of drug-likeness (QED) is 0.631. The minimum Gasteiger partial charge on any atom is -0.127 e. The summed E-state index contributed by atoms with van der Waals surface area (Å²) in [6.45, 7) is 4.22. The van der Waals surface area contributed by atoms with Gasteiger partial charge in [0.2, 0.25) is 0 Å². The molecule has 1 heteroatoms. The first kappa shape index (κ1) is 11.0. The van der Waals surface area contributed by atoms with Crippen molar-refractivity contribution < 1.29 is 0 Å². The van der Waals surface area contributed by atoms with Gasteiger partial charge in [-0.2, -0.15) is 0 Å². The minimum absolute atomic E-state index is 0.433. The molecule has 0 unspecified atom stereocenters. The normalized spacial score (nSPS) is 9.94. The third kappa shape index (κ3) is 2.74. The van der Waals surface area contributed by atoms with Crippen LogP contribution in [-0.4, -0.2) is 0 Å². The van der Waals surface area contributed by atoms with Crippen molar-refractivity contribution in [1.29, 1.82) is 0 Å². The van der Waals surface area contributed by atoms with E-state index in [1.165, 1.54) is 10.4 Å². The molecule has 0 atom stereocenters. The summed E-state index contributed by atoms with van der Waals surface area (Å²) in [7, 11) is 0. The van der Waals surface area contributed by atoms with Crippen molar-refractivity contribution in [3.8, 4) is 22.3 Å². The first-order valence-corrected chi connectivity index (χ1v) is 6.24. The molecule has 0 saturated carbocycles. The van der Waals surface area contributed by atoms with E-state index in [1.54, 1.807) is 11.3 Å². The molecule has 1 aromatic carbocycles. The number of thiophene rings is 1. The van der Waals surface area contributed by atoms with Gasteiger partial charge in [0.25, 0.3) is 0 Å². The molecule has 1 aromatic heterocycles. The third-order valence-corrected chi connectivity index (χ3v) is 3.20. The van der Waals surface area contributed by atoms with Crippen LogP contribution >= 0.6 is 11.3 Å². The van der Waals surface area contributed by atoms with Gasteiger partial charge in [-0.25, -0.2) is 0 Å². The summed E-state index contributed by atoms with van der Waals surface area (Å²) in [5.74, 6) is 6.82. The van der Waals surface area contributed by atoms with Crippen molar-refractivity contribution in [1.82, 2.24) is 0 Å². The van der Waals surface area contributed by atoms with Crippen molar-refractivity contribution in [3.63, 3.8) is 0 Å². The molecule has 0 aliphatic carbocycles. The summed E-state index contributed by atoms with van der Waals surface area (Å²) < 4.78 is 0. The van der Waals surface area contributed by atoms with Crippen LogP contribution in [-0.2, 0) is 0 Å². The van der Waals surface area contributed by atoms with Crippen molar-refractivity contribution in [3.05, 3.63) is 47.3 Å². The van der Waals surface area contributed by atoms with Crippen LogP contribution in [0.2, 0.25) is 0 Å². The van der Waals surface area contributed by atoms with E-state index in [1.807, 2.05) is 6.07 Å². The van der Waals surface area contributed by atoms with Gasteiger partial charge in [0, 0.05) is 10.8 Å². The monoisotopic (exact) mass is 226 g/mol. The van der Waals surface area contributed by atoms with E-state index in [0.717, 1.165) is 4.88 Å². The number of benzene rings is 1. The Morgan fingerprint density at radius 1 is 1.00 bits per heavy atom. The van der Waals surface area contributed by atoms with Crippen LogP contribution in [0.4, 0.5) is 0 Å². The fraction of sp³-hybridized carbons (Fsp3) is 0.200. The lowest BCUT2D eigenvalue weighted by Gasteiger charge is -1.93. The standard InChI is InChI=1S/C15H14S/c1-12(2)8-9-14-10-11-15(16-14)13-6-4-3-5-7-13/h3-7,10-12H,1-2H3. The molecule has 0 amide bonds. The topological polar surface area (TPSA) is 0 Å². The SMILES string of the molecule is CC(C)C#Cc1ccc(-c2ccccc2)s1. The van der Waals surface area contributed by atoms with E-state index in [9.17, 15) is 0 Å². The van der Waals surface area contributed by atoms with Crippen LogP contribution in [0.5, 0.6) is 0 Å². The average Bonchev–Trinajstić information content (AvgIpc) is 2.76. The van der Waals surface area contributed by atoms with Gasteiger partial charge in [-0.05, 0) is 17.7 Å². The van der Waals surface area contributed by atoms with Crippen LogP contribution in [0.15, 0.2) is 42.5 Å². The Kier molecular flexibility index (Phi) is 3.44. The summed E-state index contributed by atoms with van der Waals surface area (Å²) in [5.41, 5.74) is 1.27. The molecule has 0 spiro atoms.